The van der Waals surface area contributed by atoms with Gasteiger partial charge >= 0.3 is 6.09 Å². The van der Waals surface area contributed by atoms with E-state index in [9.17, 15) is 14.9 Å². The fraction of sp³-hybridized carbons (Fsp3) is 0.0769. The second kappa shape index (κ2) is 6.06. The molecular weight excluding hydrogens is 292 g/mol. The number of carboxylic acid groups (broad SMARTS) is 1. The van der Waals surface area contributed by atoms with Gasteiger partial charge < -0.3 is 9.84 Å². The number of nitrogens with two attached hydrogens (primary N) is 1. The molecule has 0 bridgehead atoms. The molecule has 2 rings (SSSR count). The van der Waals surface area contributed by atoms with Gasteiger partial charge in [0.2, 0.25) is 0 Å². The smallest absolute Gasteiger partial charge is 0.427 e. The summed E-state index contributed by atoms with van der Waals surface area (Å²) in [5, 5.41) is 19.9. The van der Waals surface area contributed by atoms with Crippen LogP contribution in [-0.2, 0) is 0 Å². The van der Waals surface area contributed by atoms with E-state index >= 15 is 0 Å². The van der Waals surface area contributed by atoms with Crippen molar-refractivity contribution in [2.24, 2.45) is 5.84 Å². The molecule has 1 amide bonds. The van der Waals surface area contributed by atoms with Crippen LogP contribution in [0.15, 0.2) is 36.5 Å². The maximum Gasteiger partial charge on any atom is 0.427 e. The zero-order valence-electron chi connectivity index (χ0n) is 11.5. The minimum atomic E-state index is -1.36. The van der Waals surface area contributed by atoms with E-state index in [1.54, 1.807) is 6.92 Å². The normalized spacial score (nSPS) is 10.1. The van der Waals surface area contributed by atoms with Crippen LogP contribution in [0.25, 0.3) is 0 Å². The molecule has 0 atom stereocenters. The van der Waals surface area contributed by atoms with Crippen molar-refractivity contribution in [3.05, 3.63) is 52.2 Å². The molecule has 22 heavy (non-hydrogen) atoms. The molecule has 0 aliphatic rings. The molecule has 1 heterocycles. The van der Waals surface area contributed by atoms with Crippen LogP contribution in [0.2, 0.25) is 0 Å². The standard InChI is InChI=1S/C13H12N4O5/c1-8-6-9(17(20)21)2-3-11(8)22-10-4-5-15-12(7-10)16(14)13(18)19/h2-7H,14H2,1H3,(H,18,19). The summed E-state index contributed by atoms with van der Waals surface area (Å²) in [6, 6.07) is 7.01. The Labute approximate surface area is 124 Å². The molecule has 0 fully saturated rings. The first kappa shape index (κ1) is 15.2. The lowest BCUT2D eigenvalue weighted by molar-refractivity contribution is -0.384. The summed E-state index contributed by atoms with van der Waals surface area (Å²) in [5.41, 5.74) is 0.523. The summed E-state index contributed by atoms with van der Waals surface area (Å²) < 4.78 is 5.58. The number of hydrazine groups is 1. The van der Waals surface area contributed by atoms with Crippen LogP contribution in [-0.4, -0.2) is 21.1 Å². The Bertz CT molecular complexity index is 734. The number of hydrogen-bond donors (Lipinski definition) is 2. The van der Waals surface area contributed by atoms with Crippen molar-refractivity contribution in [1.82, 2.24) is 4.98 Å². The Hall–Kier alpha value is -3.20. The number of anilines is 1. The minimum Gasteiger partial charge on any atom is -0.464 e. The Morgan fingerprint density at radius 1 is 1.41 bits per heavy atom. The first-order valence-electron chi connectivity index (χ1n) is 6.05. The van der Waals surface area contributed by atoms with Crippen LogP contribution in [0.5, 0.6) is 11.5 Å². The van der Waals surface area contributed by atoms with E-state index in [0.29, 0.717) is 22.1 Å². The predicted octanol–water partition coefficient (Wildman–Crippen LogP) is 2.45. The maximum absolute atomic E-state index is 10.8. The Balaban J connectivity index is 2.26. The summed E-state index contributed by atoms with van der Waals surface area (Å²) in [6.07, 6.45) is -0.0232. The number of aryl methyl sites for hydroxylation is 1. The number of benzene rings is 1. The first-order chi connectivity index (χ1) is 10.4. The number of hydrogen-bond acceptors (Lipinski definition) is 6. The second-order valence-electron chi connectivity index (χ2n) is 4.31. The molecule has 114 valence electrons. The van der Waals surface area contributed by atoms with Gasteiger partial charge in [-0.05, 0) is 24.6 Å². The SMILES string of the molecule is Cc1cc([N+](=O)[O-])ccc1Oc1ccnc(N(N)C(=O)O)c1. The van der Waals surface area contributed by atoms with Gasteiger partial charge in [0.1, 0.15) is 11.5 Å². The molecule has 1 aromatic heterocycles. The molecule has 0 unspecified atom stereocenters. The van der Waals surface area contributed by atoms with Crippen molar-refractivity contribution in [3.63, 3.8) is 0 Å². The van der Waals surface area contributed by atoms with Gasteiger partial charge in [0.05, 0.1) is 4.92 Å². The number of carbonyl (C=O) groups is 1. The van der Waals surface area contributed by atoms with E-state index in [0.717, 1.165) is 0 Å². The van der Waals surface area contributed by atoms with Crippen LogP contribution < -0.4 is 15.6 Å². The predicted molar refractivity (Wildman–Crippen MR) is 76.8 cm³/mol. The van der Waals surface area contributed by atoms with Crippen LogP contribution >= 0.6 is 0 Å². The molecule has 0 saturated carbocycles. The molecule has 3 N–H and O–H groups in total. The summed E-state index contributed by atoms with van der Waals surface area (Å²) in [7, 11) is 0. The number of non-ortho nitro benzene ring substituents is 1. The van der Waals surface area contributed by atoms with Gasteiger partial charge in [-0.3, -0.25) is 10.1 Å². The molecule has 0 saturated heterocycles. The molecule has 0 spiro atoms. The van der Waals surface area contributed by atoms with Gasteiger partial charge in [0, 0.05) is 24.4 Å². The maximum atomic E-state index is 10.8. The van der Waals surface area contributed by atoms with E-state index in [-0.39, 0.29) is 11.5 Å². The lowest BCUT2D eigenvalue weighted by Crippen LogP contribution is -2.36. The van der Waals surface area contributed by atoms with Crippen molar-refractivity contribution in [3.8, 4) is 11.5 Å². The molecule has 9 heteroatoms. The third-order valence-corrected chi connectivity index (χ3v) is 2.77. The number of amides is 1. The van der Waals surface area contributed by atoms with Crippen molar-refractivity contribution >= 4 is 17.6 Å². The lowest BCUT2D eigenvalue weighted by atomic mass is 10.2. The van der Waals surface area contributed by atoms with Crippen LogP contribution in [0, 0.1) is 17.0 Å². The third kappa shape index (κ3) is 3.27. The van der Waals surface area contributed by atoms with Crippen LogP contribution in [0.1, 0.15) is 5.56 Å². The average molecular weight is 304 g/mol. The summed E-state index contributed by atoms with van der Waals surface area (Å²) in [6.45, 7) is 1.66. The van der Waals surface area contributed by atoms with Gasteiger partial charge in [-0.1, -0.05) is 0 Å². The Morgan fingerprint density at radius 3 is 2.73 bits per heavy atom. The fourth-order valence-corrected chi connectivity index (χ4v) is 1.68. The van der Waals surface area contributed by atoms with E-state index in [1.807, 2.05) is 0 Å². The number of pyridine rings is 1. The van der Waals surface area contributed by atoms with Gasteiger partial charge in [-0.25, -0.2) is 15.6 Å². The largest absolute Gasteiger partial charge is 0.464 e. The summed E-state index contributed by atoms with van der Waals surface area (Å²) in [4.78, 5) is 24.8. The number of nitro groups is 1. The van der Waals surface area contributed by atoms with Crippen LogP contribution in [0.4, 0.5) is 16.3 Å². The molecule has 9 nitrogen and oxygen atoms in total. The number of ether oxygens (including phenoxy) is 1. The zero-order chi connectivity index (χ0) is 16.3. The molecule has 0 radical (unpaired) electrons. The second-order valence-corrected chi connectivity index (χ2v) is 4.31. The van der Waals surface area contributed by atoms with Gasteiger partial charge in [-0.15, -0.1) is 0 Å². The Kier molecular flexibility index (Phi) is 4.18. The highest BCUT2D eigenvalue weighted by molar-refractivity contribution is 5.83. The fourth-order valence-electron chi connectivity index (χ4n) is 1.68. The molecule has 0 aliphatic heterocycles. The van der Waals surface area contributed by atoms with Crippen LogP contribution in [0.3, 0.4) is 0 Å². The van der Waals surface area contributed by atoms with E-state index < -0.39 is 11.0 Å². The number of aromatic nitrogens is 1. The van der Waals surface area contributed by atoms with Gasteiger partial charge in [0.25, 0.3) is 5.69 Å². The van der Waals surface area contributed by atoms with Crippen molar-refractivity contribution < 1.29 is 19.6 Å². The van der Waals surface area contributed by atoms with Crippen molar-refractivity contribution in [1.29, 1.82) is 0 Å². The van der Waals surface area contributed by atoms with E-state index in [2.05, 4.69) is 4.98 Å². The Morgan fingerprint density at radius 2 is 2.14 bits per heavy atom. The quantitative estimate of drug-likeness (QED) is 0.383. The highest BCUT2D eigenvalue weighted by Gasteiger charge is 2.13. The van der Waals surface area contributed by atoms with Gasteiger partial charge in [-0.2, -0.15) is 5.01 Å². The third-order valence-electron chi connectivity index (χ3n) is 2.77. The molecular formula is C13H12N4O5. The average Bonchev–Trinajstić information content (AvgIpc) is 2.48. The summed E-state index contributed by atoms with van der Waals surface area (Å²) in [5.74, 6) is 6.02. The summed E-state index contributed by atoms with van der Waals surface area (Å²) >= 11 is 0. The highest BCUT2D eigenvalue weighted by Crippen LogP contribution is 2.29. The minimum absolute atomic E-state index is 0.00966. The zero-order valence-corrected chi connectivity index (χ0v) is 11.5. The van der Waals surface area contributed by atoms with Crippen molar-refractivity contribution in [2.45, 2.75) is 6.92 Å². The lowest BCUT2D eigenvalue weighted by Gasteiger charge is -2.13. The van der Waals surface area contributed by atoms with Gasteiger partial charge in [0.15, 0.2) is 5.82 Å². The number of rotatable bonds is 4. The van der Waals surface area contributed by atoms with E-state index in [1.165, 1.54) is 36.5 Å². The van der Waals surface area contributed by atoms with E-state index in [4.69, 9.17) is 15.7 Å². The number of nitro benzene ring substituents is 1. The molecule has 1 aromatic carbocycles. The monoisotopic (exact) mass is 304 g/mol. The highest BCUT2D eigenvalue weighted by atomic mass is 16.6. The molecule has 2 aromatic rings. The first-order valence-corrected chi connectivity index (χ1v) is 6.05. The van der Waals surface area contributed by atoms with Crippen molar-refractivity contribution in [2.75, 3.05) is 5.01 Å². The molecule has 0 aliphatic carbocycles. The topological polar surface area (TPSA) is 132 Å². The number of nitrogens with zero attached hydrogens (tertiary/aromatic N) is 3.